The standard InChI is InChI=1S/C13H9F3O3/c14-13(15,16)12(18,9-5-2-1-3-6-9)11(17)10-7-4-8-19-10/h1-8,18H/t12-/m0/s1. The molecule has 0 aliphatic rings. The maximum absolute atomic E-state index is 13.1. The summed E-state index contributed by atoms with van der Waals surface area (Å²) < 4.78 is 44.0. The molecule has 2 aromatic rings. The number of carbonyl (C=O) groups is 1. The molecule has 0 fully saturated rings. The summed E-state index contributed by atoms with van der Waals surface area (Å²) in [5.41, 5.74) is -4.17. The van der Waals surface area contributed by atoms with Gasteiger partial charge in [0.2, 0.25) is 5.78 Å². The van der Waals surface area contributed by atoms with Crippen molar-refractivity contribution in [3.05, 3.63) is 60.1 Å². The Balaban J connectivity index is 2.57. The van der Waals surface area contributed by atoms with Crippen LogP contribution < -0.4 is 0 Å². The molecule has 0 saturated heterocycles. The maximum Gasteiger partial charge on any atom is 0.429 e. The molecule has 6 heteroatoms. The van der Waals surface area contributed by atoms with Crippen molar-refractivity contribution in [1.82, 2.24) is 0 Å². The number of aliphatic hydroxyl groups is 1. The van der Waals surface area contributed by atoms with E-state index < -0.39 is 28.9 Å². The topological polar surface area (TPSA) is 50.4 Å². The van der Waals surface area contributed by atoms with E-state index in [0.29, 0.717) is 0 Å². The quantitative estimate of drug-likeness (QED) is 0.872. The van der Waals surface area contributed by atoms with Crippen molar-refractivity contribution in [1.29, 1.82) is 0 Å². The molecule has 0 unspecified atom stereocenters. The zero-order chi connectivity index (χ0) is 14.1. The molecule has 1 atom stereocenters. The highest BCUT2D eigenvalue weighted by Crippen LogP contribution is 2.41. The Labute approximate surface area is 106 Å². The number of ketones is 1. The predicted octanol–water partition coefficient (Wildman–Crippen LogP) is 2.91. The van der Waals surface area contributed by atoms with Crippen molar-refractivity contribution in [3.8, 4) is 0 Å². The van der Waals surface area contributed by atoms with Gasteiger partial charge in [0.15, 0.2) is 5.76 Å². The molecule has 1 aromatic carbocycles. The molecule has 1 N–H and O–H groups in total. The molecule has 0 bridgehead atoms. The van der Waals surface area contributed by atoms with Crippen LogP contribution in [0.25, 0.3) is 0 Å². The van der Waals surface area contributed by atoms with Crippen molar-refractivity contribution in [3.63, 3.8) is 0 Å². The Morgan fingerprint density at radius 3 is 2.16 bits per heavy atom. The highest BCUT2D eigenvalue weighted by atomic mass is 19.4. The smallest absolute Gasteiger partial charge is 0.429 e. The molecule has 19 heavy (non-hydrogen) atoms. The third kappa shape index (κ3) is 2.15. The lowest BCUT2D eigenvalue weighted by Crippen LogP contribution is -2.49. The van der Waals surface area contributed by atoms with Gasteiger partial charge >= 0.3 is 6.18 Å². The van der Waals surface area contributed by atoms with Gasteiger partial charge in [-0.3, -0.25) is 4.79 Å². The van der Waals surface area contributed by atoms with Crippen LogP contribution in [0.5, 0.6) is 0 Å². The summed E-state index contributed by atoms with van der Waals surface area (Å²) in [5.74, 6) is -2.10. The minimum atomic E-state index is -5.15. The van der Waals surface area contributed by atoms with Gasteiger partial charge in [0, 0.05) is 5.56 Å². The molecule has 3 nitrogen and oxygen atoms in total. The van der Waals surface area contributed by atoms with Crippen molar-refractivity contribution in [2.24, 2.45) is 0 Å². The fourth-order valence-electron chi connectivity index (χ4n) is 1.69. The van der Waals surface area contributed by atoms with E-state index in [1.807, 2.05) is 0 Å². The van der Waals surface area contributed by atoms with Gasteiger partial charge in [0.05, 0.1) is 6.26 Å². The van der Waals surface area contributed by atoms with Gasteiger partial charge in [0.25, 0.3) is 5.60 Å². The van der Waals surface area contributed by atoms with Crippen molar-refractivity contribution >= 4 is 5.78 Å². The Hall–Kier alpha value is -2.08. The summed E-state index contributed by atoms with van der Waals surface area (Å²) in [4.78, 5) is 11.9. The summed E-state index contributed by atoms with van der Waals surface area (Å²) in [6, 6.07) is 8.51. The average molecular weight is 270 g/mol. The molecule has 1 heterocycles. The van der Waals surface area contributed by atoms with Gasteiger partial charge in [-0.25, -0.2) is 0 Å². The molecule has 1 aromatic heterocycles. The number of carbonyl (C=O) groups excluding carboxylic acids is 1. The lowest BCUT2D eigenvalue weighted by atomic mass is 9.87. The SMILES string of the molecule is O=C(c1ccco1)[C@@](O)(c1ccccc1)C(F)(F)F. The van der Waals surface area contributed by atoms with Crippen LogP contribution in [0.2, 0.25) is 0 Å². The van der Waals surface area contributed by atoms with E-state index in [1.165, 1.54) is 24.3 Å². The first-order chi connectivity index (χ1) is 8.87. The van der Waals surface area contributed by atoms with Gasteiger partial charge in [-0.05, 0) is 12.1 Å². The number of Topliss-reactive ketones (excluding diaryl/α,β-unsaturated/α-hetero) is 1. The number of hydrogen-bond acceptors (Lipinski definition) is 3. The second-order valence-electron chi connectivity index (χ2n) is 3.88. The van der Waals surface area contributed by atoms with Gasteiger partial charge in [-0.15, -0.1) is 0 Å². The molecular weight excluding hydrogens is 261 g/mol. The van der Waals surface area contributed by atoms with E-state index >= 15 is 0 Å². The zero-order valence-corrected chi connectivity index (χ0v) is 9.52. The molecule has 2 rings (SSSR count). The maximum atomic E-state index is 13.1. The minimum Gasteiger partial charge on any atom is -0.461 e. The van der Waals surface area contributed by atoms with Gasteiger partial charge in [-0.2, -0.15) is 13.2 Å². The molecule has 0 aliphatic carbocycles. The Bertz CT molecular complexity index is 561. The zero-order valence-electron chi connectivity index (χ0n) is 9.52. The Morgan fingerprint density at radius 2 is 1.68 bits per heavy atom. The Kier molecular flexibility index (Phi) is 3.20. The molecule has 0 spiro atoms. The van der Waals surface area contributed by atoms with Crippen molar-refractivity contribution in [2.45, 2.75) is 11.8 Å². The fourth-order valence-corrected chi connectivity index (χ4v) is 1.69. The molecule has 0 aliphatic heterocycles. The fraction of sp³-hybridized carbons (Fsp3) is 0.154. The number of halogens is 3. The number of benzene rings is 1. The molecule has 0 radical (unpaired) electrons. The van der Waals surface area contributed by atoms with E-state index in [4.69, 9.17) is 0 Å². The minimum absolute atomic E-state index is 0.552. The third-order valence-corrected chi connectivity index (χ3v) is 2.68. The van der Waals surface area contributed by atoms with Crippen LogP contribution in [-0.4, -0.2) is 17.1 Å². The summed E-state index contributed by atoms with van der Waals surface area (Å²) >= 11 is 0. The van der Waals surface area contributed by atoms with Crippen LogP contribution in [0.3, 0.4) is 0 Å². The first-order valence-corrected chi connectivity index (χ1v) is 5.30. The highest BCUT2D eigenvalue weighted by Gasteiger charge is 2.61. The van der Waals surface area contributed by atoms with Crippen molar-refractivity contribution < 1.29 is 27.5 Å². The van der Waals surface area contributed by atoms with Crippen LogP contribution in [0.15, 0.2) is 53.1 Å². The average Bonchev–Trinajstić information content (AvgIpc) is 2.90. The van der Waals surface area contributed by atoms with E-state index in [2.05, 4.69) is 4.42 Å². The lowest BCUT2D eigenvalue weighted by Gasteiger charge is -2.28. The number of hydrogen-bond donors (Lipinski definition) is 1. The van der Waals surface area contributed by atoms with E-state index in [9.17, 15) is 23.1 Å². The number of rotatable bonds is 3. The number of alkyl halides is 3. The normalized spacial score (nSPS) is 14.9. The van der Waals surface area contributed by atoms with Gasteiger partial charge in [0.1, 0.15) is 0 Å². The Morgan fingerprint density at radius 1 is 1.05 bits per heavy atom. The highest BCUT2D eigenvalue weighted by molar-refractivity contribution is 6.01. The van der Waals surface area contributed by atoms with Crippen LogP contribution in [-0.2, 0) is 5.60 Å². The molecular formula is C13H9F3O3. The summed E-state index contributed by atoms with van der Waals surface area (Å²) in [6.45, 7) is 0. The molecule has 0 saturated carbocycles. The molecule has 100 valence electrons. The first-order valence-electron chi connectivity index (χ1n) is 5.30. The van der Waals surface area contributed by atoms with Crippen LogP contribution in [0.1, 0.15) is 16.1 Å². The van der Waals surface area contributed by atoms with Crippen LogP contribution >= 0.6 is 0 Å². The van der Waals surface area contributed by atoms with Crippen LogP contribution in [0.4, 0.5) is 13.2 Å². The first kappa shape index (κ1) is 13.4. The predicted molar refractivity (Wildman–Crippen MR) is 59.4 cm³/mol. The second kappa shape index (κ2) is 4.55. The lowest BCUT2D eigenvalue weighted by molar-refractivity contribution is -0.242. The monoisotopic (exact) mass is 270 g/mol. The third-order valence-electron chi connectivity index (χ3n) is 2.68. The van der Waals surface area contributed by atoms with Crippen LogP contribution in [0, 0.1) is 0 Å². The summed E-state index contributed by atoms with van der Waals surface area (Å²) in [5, 5.41) is 9.92. The van der Waals surface area contributed by atoms with Gasteiger partial charge in [-0.1, -0.05) is 30.3 Å². The molecule has 0 amide bonds. The second-order valence-corrected chi connectivity index (χ2v) is 3.88. The summed E-state index contributed by atoms with van der Waals surface area (Å²) in [7, 11) is 0. The van der Waals surface area contributed by atoms with Crippen molar-refractivity contribution in [2.75, 3.05) is 0 Å². The van der Waals surface area contributed by atoms with Gasteiger partial charge < -0.3 is 9.52 Å². The van der Waals surface area contributed by atoms with E-state index in [-0.39, 0.29) is 0 Å². The largest absolute Gasteiger partial charge is 0.461 e. The van der Waals surface area contributed by atoms with E-state index in [1.54, 1.807) is 0 Å². The summed E-state index contributed by atoms with van der Waals surface area (Å²) in [6.07, 6.45) is -4.09. The van der Waals surface area contributed by atoms with E-state index in [0.717, 1.165) is 24.5 Å². The number of furan rings is 1.